The Labute approximate surface area is 132 Å². The summed E-state index contributed by atoms with van der Waals surface area (Å²) in [5.41, 5.74) is 3.50. The van der Waals surface area contributed by atoms with E-state index in [2.05, 4.69) is 11.4 Å². The fraction of sp³-hybridized carbons (Fsp3) is 0.562. The molecule has 6 heteroatoms. The largest absolute Gasteiger partial charge is 0.352 e. The Kier molecular flexibility index (Phi) is 5.24. The van der Waals surface area contributed by atoms with Crippen LogP contribution in [-0.4, -0.2) is 38.0 Å². The summed E-state index contributed by atoms with van der Waals surface area (Å²) in [5.74, 6) is -0.0723. The zero-order valence-electron chi connectivity index (χ0n) is 13.4. The predicted octanol–water partition coefficient (Wildman–Crippen LogP) is 1.59. The summed E-state index contributed by atoms with van der Waals surface area (Å²) in [5, 5.41) is 2.98. The first-order valence-electron chi connectivity index (χ1n) is 7.56. The third-order valence-corrected chi connectivity index (χ3v) is 5.55. The van der Waals surface area contributed by atoms with E-state index < -0.39 is 10.0 Å². The van der Waals surface area contributed by atoms with Crippen LogP contribution in [0.15, 0.2) is 18.2 Å². The van der Waals surface area contributed by atoms with E-state index in [1.165, 1.54) is 21.7 Å². The average molecular weight is 324 g/mol. The second kappa shape index (κ2) is 6.79. The van der Waals surface area contributed by atoms with Crippen molar-refractivity contribution in [2.75, 3.05) is 19.3 Å². The van der Waals surface area contributed by atoms with Gasteiger partial charge in [-0.05, 0) is 37.8 Å². The molecule has 2 rings (SSSR count). The highest BCUT2D eigenvalue weighted by atomic mass is 32.2. The standard InChI is InChI=1S/C16H24N2O3S/c1-12-4-5-15(13(2)10-12)11-17-16(19)14-6-8-18(9-7-14)22(3,20)21/h4-5,10,14H,6-9,11H2,1-3H3,(H,17,19). The molecule has 5 nitrogen and oxygen atoms in total. The minimum absolute atomic E-state index is 0.0214. The number of benzene rings is 1. The van der Waals surface area contributed by atoms with Crippen LogP contribution in [0.25, 0.3) is 0 Å². The van der Waals surface area contributed by atoms with E-state index in [-0.39, 0.29) is 11.8 Å². The van der Waals surface area contributed by atoms with Crippen LogP contribution in [0, 0.1) is 19.8 Å². The molecule has 1 fully saturated rings. The Bertz CT molecular complexity index is 647. The number of carbonyl (C=O) groups is 1. The fourth-order valence-corrected chi connectivity index (χ4v) is 3.69. The number of sulfonamides is 1. The molecule has 1 N–H and O–H groups in total. The Morgan fingerprint density at radius 3 is 2.45 bits per heavy atom. The van der Waals surface area contributed by atoms with Crippen LogP contribution in [0.5, 0.6) is 0 Å². The van der Waals surface area contributed by atoms with Gasteiger partial charge in [0.2, 0.25) is 15.9 Å². The fourth-order valence-electron chi connectivity index (χ4n) is 2.82. The maximum Gasteiger partial charge on any atom is 0.223 e. The molecule has 1 aliphatic heterocycles. The minimum Gasteiger partial charge on any atom is -0.352 e. The second-order valence-electron chi connectivity index (χ2n) is 6.08. The molecule has 0 bridgehead atoms. The number of amides is 1. The van der Waals surface area contributed by atoms with Gasteiger partial charge in [-0.3, -0.25) is 4.79 Å². The highest BCUT2D eigenvalue weighted by Crippen LogP contribution is 2.19. The average Bonchev–Trinajstić information content (AvgIpc) is 2.45. The first kappa shape index (κ1) is 17.0. The van der Waals surface area contributed by atoms with Crippen molar-refractivity contribution in [3.8, 4) is 0 Å². The molecule has 1 amide bonds. The topological polar surface area (TPSA) is 66.5 Å². The molecule has 1 aliphatic rings. The van der Waals surface area contributed by atoms with Gasteiger partial charge in [-0.15, -0.1) is 0 Å². The first-order chi connectivity index (χ1) is 10.3. The molecule has 1 aromatic carbocycles. The van der Waals surface area contributed by atoms with E-state index in [4.69, 9.17) is 0 Å². The number of nitrogens with one attached hydrogen (secondary N) is 1. The van der Waals surface area contributed by atoms with E-state index >= 15 is 0 Å². The molecule has 1 heterocycles. The van der Waals surface area contributed by atoms with Gasteiger partial charge in [-0.1, -0.05) is 23.8 Å². The smallest absolute Gasteiger partial charge is 0.223 e. The molecule has 0 aromatic heterocycles. The van der Waals surface area contributed by atoms with Crippen molar-refractivity contribution in [1.82, 2.24) is 9.62 Å². The van der Waals surface area contributed by atoms with Crippen molar-refractivity contribution in [2.45, 2.75) is 33.2 Å². The summed E-state index contributed by atoms with van der Waals surface area (Å²) < 4.78 is 24.4. The Hall–Kier alpha value is -1.40. The minimum atomic E-state index is -3.14. The lowest BCUT2D eigenvalue weighted by Crippen LogP contribution is -2.42. The van der Waals surface area contributed by atoms with Gasteiger partial charge in [-0.2, -0.15) is 0 Å². The van der Waals surface area contributed by atoms with Gasteiger partial charge in [0.15, 0.2) is 0 Å². The SMILES string of the molecule is Cc1ccc(CNC(=O)C2CCN(S(C)(=O)=O)CC2)c(C)c1. The van der Waals surface area contributed by atoms with Crippen molar-refractivity contribution < 1.29 is 13.2 Å². The number of piperidine rings is 1. The first-order valence-corrected chi connectivity index (χ1v) is 9.41. The molecule has 122 valence electrons. The molecular formula is C16H24N2O3S. The van der Waals surface area contributed by atoms with Gasteiger partial charge in [-0.25, -0.2) is 12.7 Å². The van der Waals surface area contributed by atoms with Crippen LogP contribution in [0.2, 0.25) is 0 Å². The molecule has 0 radical (unpaired) electrons. The van der Waals surface area contributed by atoms with Crippen molar-refractivity contribution >= 4 is 15.9 Å². The van der Waals surface area contributed by atoms with Crippen LogP contribution >= 0.6 is 0 Å². The zero-order chi connectivity index (χ0) is 16.3. The predicted molar refractivity (Wildman–Crippen MR) is 86.9 cm³/mol. The molecule has 0 saturated carbocycles. The highest BCUT2D eigenvalue weighted by Gasteiger charge is 2.28. The molecule has 1 aromatic rings. The van der Waals surface area contributed by atoms with Gasteiger partial charge in [0.1, 0.15) is 0 Å². The van der Waals surface area contributed by atoms with E-state index in [0.29, 0.717) is 32.5 Å². The van der Waals surface area contributed by atoms with Gasteiger partial charge < -0.3 is 5.32 Å². The molecule has 0 atom stereocenters. The normalized spacial score (nSPS) is 17.4. The number of nitrogens with zero attached hydrogens (tertiary/aromatic N) is 1. The lowest BCUT2D eigenvalue weighted by Gasteiger charge is -2.29. The summed E-state index contributed by atoms with van der Waals surface area (Å²) in [7, 11) is -3.14. The number of aryl methyl sites for hydroxylation is 2. The number of hydrogen-bond donors (Lipinski definition) is 1. The number of rotatable bonds is 4. The van der Waals surface area contributed by atoms with Crippen LogP contribution in [0.3, 0.4) is 0 Å². The van der Waals surface area contributed by atoms with Gasteiger partial charge in [0.05, 0.1) is 6.26 Å². The van der Waals surface area contributed by atoms with Crippen LogP contribution in [0.4, 0.5) is 0 Å². The highest BCUT2D eigenvalue weighted by molar-refractivity contribution is 7.88. The van der Waals surface area contributed by atoms with Crippen molar-refractivity contribution in [2.24, 2.45) is 5.92 Å². The summed E-state index contributed by atoms with van der Waals surface area (Å²) in [6, 6.07) is 6.18. The maximum atomic E-state index is 12.2. The summed E-state index contributed by atoms with van der Waals surface area (Å²) in [6.07, 6.45) is 2.39. The lowest BCUT2D eigenvalue weighted by molar-refractivity contribution is -0.126. The Balaban J connectivity index is 1.86. The maximum absolute atomic E-state index is 12.2. The Morgan fingerprint density at radius 1 is 1.27 bits per heavy atom. The van der Waals surface area contributed by atoms with Crippen molar-refractivity contribution in [3.05, 3.63) is 34.9 Å². The molecule has 0 aliphatic carbocycles. The molecule has 22 heavy (non-hydrogen) atoms. The van der Waals surface area contributed by atoms with Crippen molar-refractivity contribution in [3.63, 3.8) is 0 Å². The van der Waals surface area contributed by atoms with Crippen LogP contribution in [0.1, 0.15) is 29.5 Å². The monoisotopic (exact) mass is 324 g/mol. The van der Waals surface area contributed by atoms with Crippen LogP contribution < -0.4 is 5.32 Å². The molecular weight excluding hydrogens is 300 g/mol. The van der Waals surface area contributed by atoms with Gasteiger partial charge in [0.25, 0.3) is 0 Å². The second-order valence-corrected chi connectivity index (χ2v) is 8.07. The van der Waals surface area contributed by atoms with Gasteiger partial charge in [0, 0.05) is 25.6 Å². The molecule has 1 saturated heterocycles. The third-order valence-electron chi connectivity index (χ3n) is 4.24. The zero-order valence-corrected chi connectivity index (χ0v) is 14.2. The summed E-state index contributed by atoms with van der Waals surface area (Å²) in [4.78, 5) is 12.2. The lowest BCUT2D eigenvalue weighted by atomic mass is 9.97. The Morgan fingerprint density at radius 2 is 1.91 bits per heavy atom. The van der Waals surface area contributed by atoms with E-state index in [0.717, 1.165) is 5.56 Å². The van der Waals surface area contributed by atoms with Crippen LogP contribution in [-0.2, 0) is 21.4 Å². The molecule has 0 unspecified atom stereocenters. The molecule has 0 spiro atoms. The number of carbonyl (C=O) groups excluding carboxylic acids is 1. The quantitative estimate of drug-likeness (QED) is 0.914. The summed E-state index contributed by atoms with van der Waals surface area (Å²) in [6.45, 7) is 5.47. The third kappa shape index (κ3) is 4.30. The van der Waals surface area contributed by atoms with Gasteiger partial charge >= 0.3 is 0 Å². The summed E-state index contributed by atoms with van der Waals surface area (Å²) >= 11 is 0. The van der Waals surface area contributed by atoms with E-state index in [1.54, 1.807) is 0 Å². The van der Waals surface area contributed by atoms with E-state index in [1.807, 2.05) is 26.0 Å². The van der Waals surface area contributed by atoms with E-state index in [9.17, 15) is 13.2 Å². The number of hydrogen-bond acceptors (Lipinski definition) is 3. The van der Waals surface area contributed by atoms with Crippen molar-refractivity contribution in [1.29, 1.82) is 0 Å².